The normalized spacial score (nSPS) is 12.7. The molecule has 4 rings (SSSR count). The van der Waals surface area contributed by atoms with E-state index < -0.39 is 11.4 Å². The maximum atomic E-state index is 12.9. The maximum Gasteiger partial charge on any atom is 0.267 e. The third kappa shape index (κ3) is 3.56. The average molecular weight is 392 g/mol. The van der Waals surface area contributed by atoms with E-state index in [2.05, 4.69) is 15.4 Å². The lowest BCUT2D eigenvalue weighted by atomic mass is 10.0. The maximum absolute atomic E-state index is 12.9. The van der Waals surface area contributed by atoms with Crippen LogP contribution in [0.1, 0.15) is 19.5 Å². The van der Waals surface area contributed by atoms with Gasteiger partial charge in [-0.15, -0.1) is 0 Å². The molecule has 0 fully saturated rings. The van der Waals surface area contributed by atoms with Gasteiger partial charge in [0, 0.05) is 17.3 Å². The van der Waals surface area contributed by atoms with E-state index in [9.17, 15) is 9.59 Å². The molecular formula is C21H20N4O4. The summed E-state index contributed by atoms with van der Waals surface area (Å²) >= 11 is 0. The molecule has 0 unspecified atom stereocenters. The van der Waals surface area contributed by atoms with E-state index in [0.717, 1.165) is 11.3 Å². The number of rotatable bonds is 4. The molecule has 3 aromatic rings. The monoisotopic (exact) mass is 392 g/mol. The summed E-state index contributed by atoms with van der Waals surface area (Å²) in [5.41, 5.74) is 0.444. The molecule has 0 radical (unpaired) electrons. The first-order valence-corrected chi connectivity index (χ1v) is 9.10. The molecule has 2 aromatic heterocycles. The van der Waals surface area contributed by atoms with Crippen LogP contribution in [0.4, 0.5) is 5.82 Å². The number of aromatic nitrogens is 3. The fourth-order valence-electron chi connectivity index (χ4n) is 3.00. The Hall–Kier alpha value is -3.68. The number of amides is 1. The van der Waals surface area contributed by atoms with Gasteiger partial charge in [-0.3, -0.25) is 9.59 Å². The van der Waals surface area contributed by atoms with Crippen LogP contribution in [0.15, 0.2) is 53.3 Å². The highest BCUT2D eigenvalue weighted by atomic mass is 16.7. The molecule has 1 N–H and O–H groups in total. The van der Waals surface area contributed by atoms with Crippen molar-refractivity contribution in [3.05, 3.63) is 64.6 Å². The van der Waals surface area contributed by atoms with Gasteiger partial charge in [-0.05, 0) is 57.2 Å². The first kappa shape index (κ1) is 18.7. The smallest absolute Gasteiger partial charge is 0.267 e. The summed E-state index contributed by atoms with van der Waals surface area (Å²) in [7, 11) is 0. The van der Waals surface area contributed by atoms with E-state index in [1.54, 1.807) is 44.2 Å². The minimum atomic E-state index is -1.24. The van der Waals surface area contributed by atoms with Crippen LogP contribution >= 0.6 is 0 Å². The van der Waals surface area contributed by atoms with E-state index in [4.69, 9.17) is 9.47 Å². The summed E-state index contributed by atoms with van der Waals surface area (Å²) in [6.07, 6.45) is 0. The lowest BCUT2D eigenvalue weighted by Gasteiger charge is -2.25. The predicted octanol–water partition coefficient (Wildman–Crippen LogP) is 2.72. The van der Waals surface area contributed by atoms with Crippen LogP contribution in [0.25, 0.3) is 11.3 Å². The van der Waals surface area contributed by atoms with Crippen LogP contribution in [-0.2, 0) is 10.3 Å². The van der Waals surface area contributed by atoms with Gasteiger partial charge in [-0.2, -0.15) is 5.10 Å². The molecule has 1 aliphatic rings. The van der Waals surface area contributed by atoms with Gasteiger partial charge in [0.05, 0.1) is 5.69 Å². The second kappa shape index (κ2) is 7.05. The Labute approximate surface area is 167 Å². The van der Waals surface area contributed by atoms with Gasteiger partial charge in [0.1, 0.15) is 11.4 Å². The van der Waals surface area contributed by atoms with Crippen molar-refractivity contribution in [1.82, 2.24) is 14.8 Å². The van der Waals surface area contributed by atoms with E-state index in [0.29, 0.717) is 23.0 Å². The van der Waals surface area contributed by atoms with Crippen LogP contribution < -0.4 is 20.3 Å². The Morgan fingerprint density at radius 2 is 1.90 bits per heavy atom. The summed E-state index contributed by atoms with van der Waals surface area (Å²) in [6.45, 7) is 5.28. The van der Waals surface area contributed by atoms with Crippen LogP contribution in [-0.4, -0.2) is 27.5 Å². The molecule has 0 spiro atoms. The molecule has 0 bridgehead atoms. The van der Waals surface area contributed by atoms with E-state index >= 15 is 0 Å². The van der Waals surface area contributed by atoms with Gasteiger partial charge in [-0.1, -0.05) is 6.07 Å². The Morgan fingerprint density at radius 3 is 2.69 bits per heavy atom. The number of hydrogen-bond acceptors (Lipinski definition) is 6. The summed E-state index contributed by atoms with van der Waals surface area (Å²) < 4.78 is 11.9. The van der Waals surface area contributed by atoms with Crippen LogP contribution in [0.2, 0.25) is 0 Å². The molecule has 1 amide bonds. The van der Waals surface area contributed by atoms with Crippen molar-refractivity contribution >= 4 is 11.7 Å². The summed E-state index contributed by atoms with van der Waals surface area (Å²) in [4.78, 5) is 29.7. The van der Waals surface area contributed by atoms with Crippen LogP contribution in [0, 0.1) is 6.92 Å². The topological polar surface area (TPSA) is 95.3 Å². The van der Waals surface area contributed by atoms with Gasteiger partial charge in [-0.25, -0.2) is 9.67 Å². The molecule has 8 heteroatoms. The van der Waals surface area contributed by atoms with E-state index in [1.165, 1.54) is 10.7 Å². The van der Waals surface area contributed by atoms with Gasteiger partial charge in [0.25, 0.3) is 11.5 Å². The van der Waals surface area contributed by atoms with Crippen molar-refractivity contribution in [3.8, 4) is 22.8 Å². The lowest BCUT2D eigenvalue weighted by Crippen LogP contribution is -2.47. The largest absolute Gasteiger partial charge is 0.454 e. The molecule has 0 saturated carbocycles. The molecule has 3 heterocycles. The third-order valence-corrected chi connectivity index (χ3v) is 4.68. The van der Waals surface area contributed by atoms with Gasteiger partial charge >= 0.3 is 0 Å². The number of anilines is 1. The number of carbonyl (C=O) groups excluding carboxylic acids is 1. The summed E-state index contributed by atoms with van der Waals surface area (Å²) in [6, 6.07) is 13.8. The fraction of sp³-hybridized carbons (Fsp3) is 0.238. The number of hydrogen-bond donors (Lipinski definition) is 1. The van der Waals surface area contributed by atoms with Gasteiger partial charge < -0.3 is 14.8 Å². The van der Waals surface area contributed by atoms with Crippen LogP contribution in [0.5, 0.6) is 11.5 Å². The van der Waals surface area contributed by atoms with Crippen molar-refractivity contribution in [3.63, 3.8) is 0 Å². The molecule has 29 heavy (non-hydrogen) atoms. The highest BCUT2D eigenvalue weighted by molar-refractivity contribution is 5.95. The zero-order valence-corrected chi connectivity index (χ0v) is 16.3. The minimum Gasteiger partial charge on any atom is -0.454 e. The Kier molecular flexibility index (Phi) is 4.54. The zero-order chi connectivity index (χ0) is 20.6. The first-order chi connectivity index (χ1) is 13.8. The van der Waals surface area contributed by atoms with E-state index in [1.807, 2.05) is 19.1 Å². The number of aryl methyl sites for hydroxylation is 1. The van der Waals surface area contributed by atoms with Crippen molar-refractivity contribution in [2.75, 3.05) is 12.1 Å². The Bertz CT molecular complexity index is 1150. The van der Waals surface area contributed by atoms with E-state index in [-0.39, 0.29) is 12.4 Å². The zero-order valence-electron chi connectivity index (χ0n) is 16.3. The van der Waals surface area contributed by atoms with Crippen LogP contribution in [0.3, 0.4) is 0 Å². The molecule has 0 aliphatic carbocycles. The Balaban J connectivity index is 1.67. The predicted molar refractivity (Wildman–Crippen MR) is 107 cm³/mol. The second-order valence-electron chi connectivity index (χ2n) is 7.21. The Morgan fingerprint density at radius 1 is 1.10 bits per heavy atom. The molecule has 148 valence electrons. The number of carbonyl (C=O) groups is 1. The summed E-state index contributed by atoms with van der Waals surface area (Å²) in [5, 5.41) is 7.20. The molecule has 1 aliphatic heterocycles. The van der Waals surface area contributed by atoms with Crippen molar-refractivity contribution in [1.29, 1.82) is 0 Å². The SMILES string of the molecule is Cc1cccc(NC(=O)C(C)(C)n2nc(-c3ccc4c(c3)OCO4)ccc2=O)n1. The van der Waals surface area contributed by atoms with Crippen molar-refractivity contribution < 1.29 is 14.3 Å². The number of benzene rings is 1. The van der Waals surface area contributed by atoms with Gasteiger partial charge in [0.2, 0.25) is 6.79 Å². The number of nitrogens with one attached hydrogen (secondary N) is 1. The minimum absolute atomic E-state index is 0.173. The number of pyridine rings is 1. The fourth-order valence-corrected chi connectivity index (χ4v) is 3.00. The lowest BCUT2D eigenvalue weighted by molar-refractivity contribution is -0.123. The quantitative estimate of drug-likeness (QED) is 0.734. The highest BCUT2D eigenvalue weighted by Gasteiger charge is 2.32. The average Bonchev–Trinajstić information content (AvgIpc) is 3.16. The standard InChI is InChI=1S/C21H20N4O4/c1-13-5-4-6-18(22-13)23-20(27)21(2,3)25-19(26)10-8-15(24-25)14-7-9-16-17(11-14)29-12-28-16/h4-11H,12H2,1-3H3,(H,22,23,27). The molecular weight excluding hydrogens is 372 g/mol. The molecule has 8 nitrogen and oxygen atoms in total. The van der Waals surface area contributed by atoms with Crippen molar-refractivity contribution in [2.45, 2.75) is 26.3 Å². The molecule has 0 saturated heterocycles. The first-order valence-electron chi connectivity index (χ1n) is 9.10. The molecule has 1 aromatic carbocycles. The third-order valence-electron chi connectivity index (χ3n) is 4.68. The number of nitrogens with zero attached hydrogens (tertiary/aromatic N) is 3. The molecule has 0 atom stereocenters. The number of ether oxygens (including phenoxy) is 2. The van der Waals surface area contributed by atoms with Gasteiger partial charge in [0.15, 0.2) is 11.5 Å². The van der Waals surface area contributed by atoms with Crippen molar-refractivity contribution in [2.24, 2.45) is 0 Å². The number of fused-ring (bicyclic) bond motifs is 1. The summed E-state index contributed by atoms with van der Waals surface area (Å²) in [5.74, 6) is 1.30. The highest BCUT2D eigenvalue weighted by Crippen LogP contribution is 2.35. The second-order valence-corrected chi connectivity index (χ2v) is 7.21.